The molecule has 1 amide bonds. The van der Waals surface area contributed by atoms with E-state index in [1.807, 2.05) is 36.4 Å². The number of hydrogen-bond acceptors (Lipinski definition) is 3. The summed E-state index contributed by atoms with van der Waals surface area (Å²) in [4.78, 5) is 22.4. The minimum Gasteiger partial charge on any atom is -0.392 e. The van der Waals surface area contributed by atoms with Crippen LogP contribution in [-0.4, -0.2) is 23.7 Å². The van der Waals surface area contributed by atoms with Crippen LogP contribution in [0.15, 0.2) is 53.6 Å². The average Bonchev–Trinajstić information content (AvgIpc) is 2.38. The van der Waals surface area contributed by atoms with Gasteiger partial charge in [-0.1, -0.05) is 49.1 Å². The smallest absolute Gasteiger partial charge is 0.282 e. The van der Waals surface area contributed by atoms with E-state index in [0.717, 1.165) is 11.6 Å². The molecule has 0 fully saturated rings. The monoisotopic (exact) mass is 245 g/mol. The molecule has 1 aromatic rings. The Morgan fingerprint density at radius 1 is 1.44 bits per heavy atom. The van der Waals surface area contributed by atoms with Crippen LogP contribution in [-0.2, 0) is 9.59 Å². The van der Waals surface area contributed by atoms with Crippen LogP contribution in [0, 0.1) is 0 Å². The second-order valence-electron chi connectivity index (χ2n) is 3.28. The van der Waals surface area contributed by atoms with Gasteiger partial charge in [-0.2, -0.15) is 0 Å². The van der Waals surface area contributed by atoms with Crippen molar-refractivity contribution in [1.29, 1.82) is 0 Å². The second-order valence-corrected chi connectivity index (χ2v) is 3.28. The average molecular weight is 245 g/mol. The third kappa shape index (κ3) is 7.93. The van der Waals surface area contributed by atoms with Gasteiger partial charge in [0.05, 0.1) is 6.61 Å². The van der Waals surface area contributed by atoms with E-state index in [1.165, 1.54) is 6.92 Å². The zero-order chi connectivity index (χ0) is 13.8. The van der Waals surface area contributed by atoms with Crippen LogP contribution < -0.4 is 0 Å². The lowest BCUT2D eigenvalue weighted by Crippen LogP contribution is -1.90. The van der Waals surface area contributed by atoms with Crippen molar-refractivity contribution < 1.29 is 14.7 Å². The summed E-state index contributed by atoms with van der Waals surface area (Å²) in [6.07, 6.45) is 4.72. The fraction of sp³-hybridized carbons (Fsp3) is 0.143. The van der Waals surface area contributed by atoms with E-state index in [4.69, 9.17) is 5.11 Å². The standard InChI is InChI=1S/C9H10O.C5H5NO2/c10-8-4-7-9-5-2-1-3-6-9;1-4(2)5(8)6-3-7/h1-7,10H,8H2;1H2,2H3. The second kappa shape index (κ2) is 9.90. The first-order chi connectivity index (χ1) is 8.61. The van der Waals surface area contributed by atoms with Gasteiger partial charge in [-0.05, 0) is 12.5 Å². The van der Waals surface area contributed by atoms with Crippen molar-refractivity contribution in [3.05, 3.63) is 54.1 Å². The number of hydrogen-bond donors (Lipinski definition) is 1. The molecule has 0 aromatic heterocycles. The summed E-state index contributed by atoms with van der Waals surface area (Å²) in [5.74, 6) is -0.611. The molecule has 0 aliphatic heterocycles. The molecule has 1 aromatic carbocycles. The van der Waals surface area contributed by atoms with Crippen molar-refractivity contribution >= 4 is 18.1 Å². The van der Waals surface area contributed by atoms with Crippen LogP contribution in [0.25, 0.3) is 6.08 Å². The number of nitrogens with zero attached hydrogens (tertiary/aromatic N) is 1. The van der Waals surface area contributed by atoms with E-state index in [2.05, 4.69) is 11.6 Å². The predicted octanol–water partition coefficient (Wildman–Crippen LogP) is 2.12. The highest BCUT2D eigenvalue weighted by molar-refractivity contribution is 5.95. The topological polar surface area (TPSA) is 66.7 Å². The Morgan fingerprint density at radius 3 is 2.44 bits per heavy atom. The van der Waals surface area contributed by atoms with E-state index >= 15 is 0 Å². The summed E-state index contributed by atoms with van der Waals surface area (Å²) in [5, 5.41) is 8.44. The Labute approximate surface area is 106 Å². The Kier molecular flexibility index (Phi) is 8.64. The van der Waals surface area contributed by atoms with E-state index in [0.29, 0.717) is 0 Å². The van der Waals surface area contributed by atoms with Crippen molar-refractivity contribution in [2.45, 2.75) is 6.92 Å². The number of aliphatic hydroxyl groups is 1. The third-order valence-corrected chi connectivity index (χ3v) is 1.73. The molecule has 94 valence electrons. The third-order valence-electron chi connectivity index (χ3n) is 1.73. The first kappa shape index (κ1) is 15.7. The van der Waals surface area contributed by atoms with Gasteiger partial charge < -0.3 is 5.11 Å². The molecule has 0 saturated heterocycles. The summed E-state index contributed by atoms with van der Waals surface area (Å²) in [7, 11) is 0. The van der Waals surface area contributed by atoms with E-state index in [9.17, 15) is 9.59 Å². The molecule has 1 rings (SSSR count). The molecule has 0 aliphatic carbocycles. The van der Waals surface area contributed by atoms with E-state index in [-0.39, 0.29) is 12.2 Å². The molecule has 0 spiro atoms. The molecule has 0 heterocycles. The van der Waals surface area contributed by atoms with Crippen molar-refractivity contribution in [2.24, 2.45) is 4.99 Å². The number of carbonyl (C=O) groups is 1. The lowest BCUT2D eigenvalue weighted by Gasteiger charge is -1.88. The highest BCUT2D eigenvalue weighted by Crippen LogP contribution is 1.99. The normalized spacial score (nSPS) is 9.00. The molecular weight excluding hydrogens is 230 g/mol. The maximum atomic E-state index is 10.2. The molecule has 18 heavy (non-hydrogen) atoms. The lowest BCUT2D eigenvalue weighted by atomic mass is 10.2. The van der Waals surface area contributed by atoms with Crippen molar-refractivity contribution in [3.8, 4) is 0 Å². The molecule has 0 aliphatic rings. The van der Waals surface area contributed by atoms with Gasteiger partial charge in [-0.25, -0.2) is 4.79 Å². The first-order valence-corrected chi connectivity index (χ1v) is 5.22. The minimum absolute atomic E-state index is 0.106. The molecule has 4 nitrogen and oxygen atoms in total. The summed E-state index contributed by atoms with van der Waals surface area (Å²) < 4.78 is 0. The van der Waals surface area contributed by atoms with Crippen LogP contribution in [0.5, 0.6) is 0 Å². The SMILES string of the molecule is C=C(C)C(=O)N=C=O.OCC=Cc1ccccc1. The maximum absolute atomic E-state index is 10.2. The molecule has 0 saturated carbocycles. The number of carbonyl (C=O) groups excluding carboxylic acids is 2. The number of rotatable bonds is 3. The number of amides is 1. The summed E-state index contributed by atoms with van der Waals surface area (Å²) in [6, 6.07) is 9.89. The quantitative estimate of drug-likeness (QED) is 0.504. The molecule has 1 N–H and O–H groups in total. The number of aliphatic hydroxyl groups excluding tert-OH is 1. The number of aliphatic imine (C=N–C) groups is 1. The van der Waals surface area contributed by atoms with Gasteiger partial charge >= 0.3 is 0 Å². The molecule has 4 heteroatoms. The van der Waals surface area contributed by atoms with Crippen molar-refractivity contribution in [3.63, 3.8) is 0 Å². The van der Waals surface area contributed by atoms with Gasteiger partial charge in [0.25, 0.3) is 5.91 Å². The molecule has 0 unspecified atom stereocenters. The zero-order valence-corrected chi connectivity index (χ0v) is 10.2. The largest absolute Gasteiger partial charge is 0.392 e. The van der Waals surface area contributed by atoms with Crippen LogP contribution >= 0.6 is 0 Å². The fourth-order valence-electron chi connectivity index (χ4n) is 0.890. The summed E-state index contributed by atoms with van der Waals surface area (Å²) >= 11 is 0. The Bertz CT molecular complexity index is 453. The predicted molar refractivity (Wildman–Crippen MR) is 70.5 cm³/mol. The summed E-state index contributed by atoms with van der Waals surface area (Å²) in [6.45, 7) is 4.83. The van der Waals surface area contributed by atoms with Crippen LogP contribution in [0.3, 0.4) is 0 Å². The van der Waals surface area contributed by atoms with Gasteiger partial charge in [0.2, 0.25) is 6.08 Å². The fourth-order valence-corrected chi connectivity index (χ4v) is 0.890. The molecule has 0 radical (unpaired) electrons. The van der Waals surface area contributed by atoms with Crippen LogP contribution in [0.2, 0.25) is 0 Å². The zero-order valence-electron chi connectivity index (χ0n) is 10.2. The van der Waals surface area contributed by atoms with Gasteiger partial charge in [0.1, 0.15) is 0 Å². The Balaban J connectivity index is 0.000000331. The van der Waals surface area contributed by atoms with Gasteiger partial charge in [-0.15, -0.1) is 4.99 Å². The van der Waals surface area contributed by atoms with Crippen LogP contribution in [0.4, 0.5) is 0 Å². The maximum Gasteiger partial charge on any atom is 0.282 e. The van der Waals surface area contributed by atoms with Crippen LogP contribution in [0.1, 0.15) is 12.5 Å². The van der Waals surface area contributed by atoms with Gasteiger partial charge in [0.15, 0.2) is 0 Å². The van der Waals surface area contributed by atoms with E-state index < -0.39 is 5.91 Å². The number of benzene rings is 1. The highest BCUT2D eigenvalue weighted by atomic mass is 16.2. The number of isocyanates is 1. The minimum atomic E-state index is -0.611. The Morgan fingerprint density at radius 2 is 2.06 bits per heavy atom. The first-order valence-electron chi connectivity index (χ1n) is 5.22. The van der Waals surface area contributed by atoms with Crippen molar-refractivity contribution in [1.82, 2.24) is 0 Å². The molecule has 0 atom stereocenters. The Hall–Kier alpha value is -2.29. The molecule has 0 bridgehead atoms. The summed E-state index contributed by atoms with van der Waals surface area (Å²) in [5.41, 5.74) is 1.37. The van der Waals surface area contributed by atoms with Gasteiger partial charge in [-0.3, -0.25) is 4.79 Å². The highest BCUT2D eigenvalue weighted by Gasteiger charge is 1.94. The van der Waals surface area contributed by atoms with Gasteiger partial charge in [0, 0.05) is 5.57 Å². The van der Waals surface area contributed by atoms with Crippen molar-refractivity contribution in [2.75, 3.05) is 6.61 Å². The van der Waals surface area contributed by atoms with E-state index in [1.54, 1.807) is 6.08 Å². The molecular formula is C14H15NO3. The lowest BCUT2D eigenvalue weighted by molar-refractivity contribution is -0.114.